The summed E-state index contributed by atoms with van der Waals surface area (Å²) in [5, 5.41) is 3.19. The van der Waals surface area contributed by atoms with E-state index in [1.54, 1.807) is 12.1 Å². The van der Waals surface area contributed by atoms with Gasteiger partial charge in [-0.3, -0.25) is 4.98 Å². The highest BCUT2D eigenvalue weighted by Crippen LogP contribution is 2.22. The Hall–Kier alpha value is -2.08. The minimum atomic E-state index is -4.66. The van der Waals surface area contributed by atoms with Crippen molar-refractivity contribution in [3.63, 3.8) is 0 Å². The van der Waals surface area contributed by atoms with Crippen LogP contribution in [0, 0.1) is 6.92 Å². The van der Waals surface area contributed by atoms with Crippen LogP contribution in [0.1, 0.15) is 17.0 Å². The fourth-order valence-electron chi connectivity index (χ4n) is 1.84. The molecule has 0 saturated carbocycles. The number of aromatic nitrogens is 1. The van der Waals surface area contributed by atoms with Crippen molar-refractivity contribution < 1.29 is 17.9 Å². The molecule has 6 heteroatoms. The van der Waals surface area contributed by atoms with Crippen molar-refractivity contribution in [2.24, 2.45) is 0 Å². The van der Waals surface area contributed by atoms with E-state index in [0.29, 0.717) is 13.1 Å². The summed E-state index contributed by atoms with van der Waals surface area (Å²) in [6.07, 6.45) is -4.66. The van der Waals surface area contributed by atoms with Crippen LogP contribution in [0.3, 0.4) is 0 Å². The molecule has 0 unspecified atom stereocenters. The van der Waals surface area contributed by atoms with Gasteiger partial charge in [-0.2, -0.15) is 0 Å². The summed E-state index contributed by atoms with van der Waals surface area (Å²) >= 11 is 0. The van der Waals surface area contributed by atoms with Crippen LogP contribution < -0.4 is 10.1 Å². The van der Waals surface area contributed by atoms with E-state index in [2.05, 4.69) is 15.0 Å². The smallest absolute Gasteiger partial charge is 0.406 e. The first-order valence-corrected chi connectivity index (χ1v) is 6.40. The van der Waals surface area contributed by atoms with Gasteiger partial charge < -0.3 is 10.1 Å². The summed E-state index contributed by atoms with van der Waals surface area (Å²) < 4.78 is 39.9. The molecule has 21 heavy (non-hydrogen) atoms. The van der Waals surface area contributed by atoms with Crippen molar-refractivity contribution in [2.75, 3.05) is 0 Å². The molecule has 0 aliphatic heterocycles. The fraction of sp³-hybridized carbons (Fsp3) is 0.267. The summed E-state index contributed by atoms with van der Waals surface area (Å²) in [4.78, 5) is 4.35. The molecule has 0 fully saturated rings. The van der Waals surface area contributed by atoms with Crippen LogP contribution in [-0.4, -0.2) is 11.3 Å². The van der Waals surface area contributed by atoms with Crippen molar-refractivity contribution in [3.8, 4) is 5.75 Å². The maximum atomic E-state index is 12.0. The molecular weight excluding hydrogens is 281 g/mol. The number of pyridine rings is 1. The lowest BCUT2D eigenvalue weighted by Crippen LogP contribution is -2.17. The molecule has 2 rings (SSSR count). The van der Waals surface area contributed by atoms with E-state index in [9.17, 15) is 13.2 Å². The molecule has 0 aliphatic rings. The van der Waals surface area contributed by atoms with Crippen LogP contribution >= 0.6 is 0 Å². The van der Waals surface area contributed by atoms with Crippen molar-refractivity contribution in [1.82, 2.24) is 10.3 Å². The Morgan fingerprint density at radius 1 is 1.05 bits per heavy atom. The third kappa shape index (κ3) is 5.43. The molecule has 0 atom stereocenters. The van der Waals surface area contributed by atoms with Crippen LogP contribution in [-0.2, 0) is 13.1 Å². The molecule has 2 aromatic rings. The minimum Gasteiger partial charge on any atom is -0.406 e. The molecule has 112 valence electrons. The van der Waals surface area contributed by atoms with Crippen LogP contribution in [0.15, 0.2) is 42.5 Å². The molecule has 0 radical (unpaired) electrons. The Bertz CT molecular complexity index is 582. The van der Waals surface area contributed by atoms with Crippen molar-refractivity contribution >= 4 is 0 Å². The quantitative estimate of drug-likeness (QED) is 0.915. The first-order chi connectivity index (χ1) is 9.92. The van der Waals surface area contributed by atoms with Crippen molar-refractivity contribution in [2.45, 2.75) is 26.4 Å². The predicted octanol–water partition coefficient (Wildman–Crippen LogP) is 3.58. The standard InChI is InChI=1S/C15H15F3N2O/c1-11-3-2-4-13(20-11)10-19-9-12-5-7-14(8-6-12)21-15(16,17)18/h2-8,19H,9-10H2,1H3. The lowest BCUT2D eigenvalue weighted by atomic mass is 10.2. The van der Waals surface area contributed by atoms with E-state index in [0.717, 1.165) is 17.0 Å². The van der Waals surface area contributed by atoms with E-state index >= 15 is 0 Å². The number of nitrogens with zero attached hydrogens (tertiary/aromatic N) is 1. The number of alkyl halides is 3. The monoisotopic (exact) mass is 296 g/mol. The number of benzene rings is 1. The SMILES string of the molecule is Cc1cccc(CNCc2ccc(OC(F)(F)F)cc2)n1. The number of hydrogen-bond donors (Lipinski definition) is 1. The zero-order valence-corrected chi connectivity index (χ0v) is 11.4. The van der Waals surface area contributed by atoms with Crippen LogP contribution in [0.5, 0.6) is 5.75 Å². The van der Waals surface area contributed by atoms with Gasteiger partial charge in [0.25, 0.3) is 0 Å². The first-order valence-electron chi connectivity index (χ1n) is 6.40. The highest BCUT2D eigenvalue weighted by molar-refractivity contribution is 5.27. The van der Waals surface area contributed by atoms with E-state index in [1.807, 2.05) is 25.1 Å². The van der Waals surface area contributed by atoms with Gasteiger partial charge >= 0.3 is 6.36 Å². The summed E-state index contributed by atoms with van der Waals surface area (Å²) in [7, 11) is 0. The average Bonchev–Trinajstić information content (AvgIpc) is 2.39. The molecule has 1 N–H and O–H groups in total. The number of halogens is 3. The van der Waals surface area contributed by atoms with Gasteiger partial charge in [0.2, 0.25) is 0 Å². The van der Waals surface area contributed by atoms with Crippen LogP contribution in [0.4, 0.5) is 13.2 Å². The number of nitrogens with one attached hydrogen (secondary N) is 1. The van der Waals surface area contributed by atoms with E-state index in [4.69, 9.17) is 0 Å². The largest absolute Gasteiger partial charge is 0.573 e. The summed E-state index contributed by atoms with van der Waals surface area (Å²) in [6, 6.07) is 11.6. The van der Waals surface area contributed by atoms with Gasteiger partial charge in [-0.15, -0.1) is 13.2 Å². The predicted molar refractivity (Wildman–Crippen MR) is 72.6 cm³/mol. The summed E-state index contributed by atoms with van der Waals surface area (Å²) in [5.74, 6) is -0.216. The van der Waals surface area contributed by atoms with Gasteiger partial charge in [0.1, 0.15) is 5.75 Å². The Morgan fingerprint density at radius 3 is 2.38 bits per heavy atom. The van der Waals surface area contributed by atoms with Gasteiger partial charge in [0, 0.05) is 18.8 Å². The van der Waals surface area contributed by atoms with Gasteiger partial charge in [0.15, 0.2) is 0 Å². The normalized spacial score (nSPS) is 11.4. The maximum absolute atomic E-state index is 12.0. The molecule has 3 nitrogen and oxygen atoms in total. The van der Waals surface area contributed by atoms with E-state index in [1.165, 1.54) is 12.1 Å². The lowest BCUT2D eigenvalue weighted by molar-refractivity contribution is -0.274. The summed E-state index contributed by atoms with van der Waals surface area (Å²) in [6.45, 7) is 3.06. The molecule has 0 aliphatic carbocycles. The molecular formula is C15H15F3N2O. The Labute approximate surface area is 120 Å². The third-order valence-electron chi connectivity index (χ3n) is 2.74. The average molecular weight is 296 g/mol. The second-order valence-corrected chi connectivity index (χ2v) is 4.57. The Balaban J connectivity index is 1.84. The van der Waals surface area contributed by atoms with E-state index in [-0.39, 0.29) is 5.75 Å². The molecule has 1 aromatic carbocycles. The topological polar surface area (TPSA) is 34.1 Å². The molecule has 0 saturated heterocycles. The molecule has 0 bridgehead atoms. The van der Waals surface area contributed by atoms with Gasteiger partial charge in [-0.1, -0.05) is 18.2 Å². The summed E-state index contributed by atoms with van der Waals surface area (Å²) in [5.41, 5.74) is 2.74. The fourth-order valence-corrected chi connectivity index (χ4v) is 1.84. The lowest BCUT2D eigenvalue weighted by Gasteiger charge is -2.09. The van der Waals surface area contributed by atoms with Gasteiger partial charge in [-0.25, -0.2) is 0 Å². The number of hydrogen-bond acceptors (Lipinski definition) is 3. The Kier molecular flexibility index (Phi) is 4.80. The van der Waals surface area contributed by atoms with Crippen LogP contribution in [0.2, 0.25) is 0 Å². The number of rotatable bonds is 5. The maximum Gasteiger partial charge on any atom is 0.573 e. The van der Waals surface area contributed by atoms with Gasteiger partial charge in [0.05, 0.1) is 5.69 Å². The third-order valence-corrected chi connectivity index (χ3v) is 2.74. The van der Waals surface area contributed by atoms with Crippen molar-refractivity contribution in [1.29, 1.82) is 0 Å². The Morgan fingerprint density at radius 2 is 1.76 bits per heavy atom. The second-order valence-electron chi connectivity index (χ2n) is 4.57. The molecule has 0 spiro atoms. The molecule has 1 heterocycles. The number of aryl methyl sites for hydroxylation is 1. The highest BCUT2D eigenvalue weighted by atomic mass is 19.4. The molecule has 0 amide bonds. The van der Waals surface area contributed by atoms with Gasteiger partial charge in [-0.05, 0) is 36.8 Å². The molecule has 1 aromatic heterocycles. The zero-order valence-electron chi connectivity index (χ0n) is 11.4. The minimum absolute atomic E-state index is 0.216. The first kappa shape index (κ1) is 15.3. The second kappa shape index (κ2) is 6.58. The van der Waals surface area contributed by atoms with Crippen molar-refractivity contribution in [3.05, 3.63) is 59.4 Å². The zero-order chi connectivity index (χ0) is 15.3. The van der Waals surface area contributed by atoms with E-state index < -0.39 is 6.36 Å². The van der Waals surface area contributed by atoms with Crippen LogP contribution in [0.25, 0.3) is 0 Å². The highest BCUT2D eigenvalue weighted by Gasteiger charge is 2.30. The number of ether oxygens (including phenoxy) is 1.